The summed E-state index contributed by atoms with van der Waals surface area (Å²) in [6.07, 6.45) is 1.41. The largest absolute Gasteiger partial charge is 0.356 e. The number of guanidine groups is 1. The zero-order valence-electron chi connectivity index (χ0n) is 12.5. The van der Waals surface area contributed by atoms with E-state index in [9.17, 15) is 4.79 Å². The summed E-state index contributed by atoms with van der Waals surface area (Å²) in [6, 6.07) is 10.3. The van der Waals surface area contributed by atoms with E-state index in [1.807, 2.05) is 18.2 Å². The van der Waals surface area contributed by atoms with Crippen molar-refractivity contribution in [1.29, 1.82) is 0 Å². The van der Waals surface area contributed by atoms with Crippen LogP contribution < -0.4 is 10.6 Å². The van der Waals surface area contributed by atoms with Crippen molar-refractivity contribution in [1.82, 2.24) is 15.5 Å². The first kappa shape index (κ1) is 16.0. The summed E-state index contributed by atoms with van der Waals surface area (Å²) in [7, 11) is 5.25. The molecule has 5 heteroatoms. The Hall–Kier alpha value is -2.04. The molecule has 0 aromatic heterocycles. The average Bonchev–Trinajstić information content (AvgIpc) is 2.46. The van der Waals surface area contributed by atoms with E-state index in [-0.39, 0.29) is 5.91 Å². The first-order valence-electron chi connectivity index (χ1n) is 6.82. The molecule has 0 saturated carbocycles. The van der Waals surface area contributed by atoms with E-state index in [1.165, 1.54) is 5.56 Å². The minimum atomic E-state index is 0.109. The molecule has 5 nitrogen and oxygen atoms in total. The molecule has 1 rings (SSSR count). The van der Waals surface area contributed by atoms with Crippen LogP contribution in [0.4, 0.5) is 0 Å². The molecule has 1 aromatic carbocycles. The van der Waals surface area contributed by atoms with Crippen LogP contribution in [-0.2, 0) is 11.2 Å². The van der Waals surface area contributed by atoms with Gasteiger partial charge in [-0.05, 0) is 12.0 Å². The standard InChI is InChI=1S/C15H24N4O/c1-16-15(18-12-10-14(20)19(2)3)17-11-9-13-7-5-4-6-8-13/h4-8H,9-12H2,1-3H3,(H2,16,17,18). The number of nitrogens with one attached hydrogen (secondary N) is 2. The number of aliphatic imine (C=N–C) groups is 1. The number of hydrogen-bond acceptors (Lipinski definition) is 2. The Morgan fingerprint density at radius 2 is 1.80 bits per heavy atom. The van der Waals surface area contributed by atoms with Crippen molar-refractivity contribution in [2.75, 3.05) is 34.2 Å². The molecule has 0 spiro atoms. The second kappa shape index (κ2) is 8.96. The highest BCUT2D eigenvalue weighted by atomic mass is 16.2. The number of carbonyl (C=O) groups excluding carboxylic acids is 1. The third kappa shape index (κ3) is 6.22. The Morgan fingerprint density at radius 3 is 2.40 bits per heavy atom. The van der Waals surface area contributed by atoms with E-state index >= 15 is 0 Å². The van der Waals surface area contributed by atoms with Crippen LogP contribution in [0.3, 0.4) is 0 Å². The summed E-state index contributed by atoms with van der Waals surface area (Å²) in [6.45, 7) is 1.40. The monoisotopic (exact) mass is 276 g/mol. The molecule has 20 heavy (non-hydrogen) atoms. The number of rotatable bonds is 6. The van der Waals surface area contributed by atoms with E-state index in [2.05, 4.69) is 27.8 Å². The van der Waals surface area contributed by atoms with Crippen molar-refractivity contribution < 1.29 is 4.79 Å². The minimum Gasteiger partial charge on any atom is -0.356 e. The third-order valence-electron chi connectivity index (χ3n) is 2.90. The van der Waals surface area contributed by atoms with Gasteiger partial charge in [0.1, 0.15) is 0 Å². The maximum Gasteiger partial charge on any atom is 0.223 e. The van der Waals surface area contributed by atoms with E-state index < -0.39 is 0 Å². The first-order valence-corrected chi connectivity index (χ1v) is 6.82. The number of carbonyl (C=O) groups is 1. The lowest BCUT2D eigenvalue weighted by Gasteiger charge is -2.13. The molecule has 0 saturated heterocycles. The molecular weight excluding hydrogens is 252 g/mol. The molecular formula is C15H24N4O. The van der Waals surface area contributed by atoms with E-state index in [0.29, 0.717) is 13.0 Å². The Balaban J connectivity index is 2.22. The minimum absolute atomic E-state index is 0.109. The van der Waals surface area contributed by atoms with Crippen molar-refractivity contribution in [3.63, 3.8) is 0 Å². The lowest BCUT2D eigenvalue weighted by atomic mass is 10.1. The van der Waals surface area contributed by atoms with Crippen LogP contribution in [-0.4, -0.2) is 51.0 Å². The maximum atomic E-state index is 11.4. The molecule has 0 atom stereocenters. The molecule has 2 N–H and O–H groups in total. The summed E-state index contributed by atoms with van der Waals surface area (Å²) in [5.41, 5.74) is 1.29. The Kier molecular flexibility index (Phi) is 7.17. The smallest absolute Gasteiger partial charge is 0.223 e. The Morgan fingerprint density at radius 1 is 1.15 bits per heavy atom. The fourth-order valence-corrected chi connectivity index (χ4v) is 1.70. The second-order valence-electron chi connectivity index (χ2n) is 4.70. The second-order valence-corrected chi connectivity index (χ2v) is 4.70. The van der Waals surface area contributed by atoms with Gasteiger partial charge in [0.15, 0.2) is 5.96 Å². The van der Waals surface area contributed by atoms with Gasteiger partial charge < -0.3 is 15.5 Å². The summed E-state index contributed by atoms with van der Waals surface area (Å²) in [5, 5.41) is 6.37. The van der Waals surface area contributed by atoms with Crippen molar-refractivity contribution >= 4 is 11.9 Å². The highest BCUT2D eigenvalue weighted by Crippen LogP contribution is 1.97. The van der Waals surface area contributed by atoms with Gasteiger partial charge in [0.25, 0.3) is 0 Å². The number of nitrogens with zero attached hydrogens (tertiary/aromatic N) is 2. The van der Waals surface area contributed by atoms with Gasteiger partial charge >= 0.3 is 0 Å². The van der Waals surface area contributed by atoms with Crippen molar-refractivity contribution in [3.05, 3.63) is 35.9 Å². The van der Waals surface area contributed by atoms with Gasteiger partial charge in [-0.15, -0.1) is 0 Å². The fourth-order valence-electron chi connectivity index (χ4n) is 1.70. The summed E-state index contributed by atoms with van der Waals surface area (Å²) < 4.78 is 0. The first-order chi connectivity index (χ1) is 9.63. The van der Waals surface area contributed by atoms with Crippen LogP contribution in [0.15, 0.2) is 35.3 Å². The molecule has 0 heterocycles. The highest BCUT2D eigenvalue weighted by Gasteiger charge is 2.04. The normalized spacial score (nSPS) is 11.1. The average molecular weight is 276 g/mol. The van der Waals surface area contributed by atoms with Crippen LogP contribution in [0.5, 0.6) is 0 Å². The lowest BCUT2D eigenvalue weighted by molar-refractivity contribution is -0.128. The summed E-state index contributed by atoms with van der Waals surface area (Å²) >= 11 is 0. The van der Waals surface area contributed by atoms with Crippen molar-refractivity contribution in [3.8, 4) is 0 Å². The van der Waals surface area contributed by atoms with Gasteiger partial charge in [-0.2, -0.15) is 0 Å². The molecule has 110 valence electrons. The molecule has 0 aliphatic rings. The molecule has 0 aliphatic carbocycles. The number of benzene rings is 1. The summed E-state index contributed by atoms with van der Waals surface area (Å²) in [4.78, 5) is 17.2. The number of hydrogen-bond donors (Lipinski definition) is 2. The van der Waals surface area contributed by atoms with Crippen LogP contribution in [0.2, 0.25) is 0 Å². The van der Waals surface area contributed by atoms with Crippen LogP contribution in [0.1, 0.15) is 12.0 Å². The van der Waals surface area contributed by atoms with Gasteiger partial charge in [0.05, 0.1) is 0 Å². The predicted molar refractivity (Wildman–Crippen MR) is 82.8 cm³/mol. The Bertz CT molecular complexity index is 429. The SMILES string of the molecule is CN=C(NCCC(=O)N(C)C)NCCc1ccccc1. The molecule has 1 aromatic rings. The molecule has 0 unspecified atom stereocenters. The topological polar surface area (TPSA) is 56.7 Å². The van der Waals surface area contributed by atoms with Gasteiger partial charge in [-0.25, -0.2) is 0 Å². The fraction of sp³-hybridized carbons (Fsp3) is 0.467. The lowest BCUT2D eigenvalue weighted by Crippen LogP contribution is -2.40. The zero-order chi connectivity index (χ0) is 14.8. The van der Waals surface area contributed by atoms with Crippen LogP contribution >= 0.6 is 0 Å². The van der Waals surface area contributed by atoms with Crippen LogP contribution in [0, 0.1) is 0 Å². The Labute approximate surface area is 121 Å². The zero-order valence-corrected chi connectivity index (χ0v) is 12.5. The van der Waals surface area contributed by atoms with Crippen LogP contribution in [0.25, 0.3) is 0 Å². The van der Waals surface area contributed by atoms with Gasteiger partial charge in [-0.1, -0.05) is 30.3 Å². The summed E-state index contributed by atoms with van der Waals surface area (Å²) in [5.74, 6) is 0.838. The van der Waals surface area contributed by atoms with E-state index in [4.69, 9.17) is 0 Å². The quantitative estimate of drug-likeness (QED) is 0.599. The van der Waals surface area contributed by atoms with Gasteiger partial charge in [0, 0.05) is 40.7 Å². The molecule has 1 amide bonds. The maximum absolute atomic E-state index is 11.4. The third-order valence-corrected chi connectivity index (χ3v) is 2.90. The van der Waals surface area contributed by atoms with E-state index in [1.54, 1.807) is 26.0 Å². The molecule has 0 radical (unpaired) electrons. The van der Waals surface area contributed by atoms with Gasteiger partial charge in [-0.3, -0.25) is 9.79 Å². The predicted octanol–water partition coefficient (Wildman–Crippen LogP) is 0.872. The highest BCUT2D eigenvalue weighted by molar-refractivity contribution is 5.81. The number of amides is 1. The molecule has 0 fully saturated rings. The molecule has 0 aliphatic heterocycles. The van der Waals surface area contributed by atoms with Crippen molar-refractivity contribution in [2.45, 2.75) is 12.8 Å². The van der Waals surface area contributed by atoms with Gasteiger partial charge in [0.2, 0.25) is 5.91 Å². The van der Waals surface area contributed by atoms with Crippen molar-refractivity contribution in [2.24, 2.45) is 4.99 Å². The molecule has 0 bridgehead atoms. The van der Waals surface area contributed by atoms with E-state index in [0.717, 1.165) is 18.9 Å².